The summed E-state index contributed by atoms with van der Waals surface area (Å²) in [5, 5.41) is 11.4. The molecule has 3 aromatic rings. The quantitative estimate of drug-likeness (QED) is 0.275. The number of rotatable bonds is 8. The predicted molar refractivity (Wildman–Crippen MR) is 198 cm³/mol. The number of nitrogens with zero attached hydrogens (tertiary/aromatic N) is 1. The molecule has 3 aromatic carbocycles. The van der Waals surface area contributed by atoms with Gasteiger partial charge in [0.2, 0.25) is 23.6 Å². The van der Waals surface area contributed by atoms with Gasteiger partial charge < -0.3 is 40.4 Å². The molecule has 5 rings (SSSR count). The lowest BCUT2D eigenvalue weighted by molar-refractivity contribution is -0.141. The second-order valence-electron chi connectivity index (χ2n) is 13.6. The van der Waals surface area contributed by atoms with Crippen LogP contribution in [0, 0.1) is 5.92 Å². The van der Waals surface area contributed by atoms with Crippen molar-refractivity contribution in [3.63, 3.8) is 0 Å². The van der Waals surface area contributed by atoms with Crippen LogP contribution in [-0.2, 0) is 32.0 Å². The van der Waals surface area contributed by atoms with Gasteiger partial charge in [0.1, 0.15) is 37.1 Å². The summed E-state index contributed by atoms with van der Waals surface area (Å²) in [5.41, 5.74) is 1.96. The summed E-state index contributed by atoms with van der Waals surface area (Å²) >= 11 is 0. The summed E-state index contributed by atoms with van der Waals surface area (Å²) in [6.45, 7) is 5.47. The van der Waals surface area contributed by atoms with Crippen LogP contribution >= 0.6 is 0 Å². The summed E-state index contributed by atoms with van der Waals surface area (Å²) < 4.78 is 17.2. The smallest absolute Gasteiger partial charge is 0.255 e. The van der Waals surface area contributed by atoms with Crippen LogP contribution in [0.4, 0.5) is 0 Å². The lowest BCUT2D eigenvalue weighted by atomic mass is 9.99. The number of amides is 5. The van der Waals surface area contributed by atoms with Crippen LogP contribution in [0.25, 0.3) is 0 Å². The Morgan fingerprint density at radius 3 is 2.32 bits per heavy atom. The Morgan fingerprint density at radius 1 is 0.830 bits per heavy atom. The van der Waals surface area contributed by atoms with Crippen LogP contribution in [-0.4, -0.2) is 92.5 Å². The largest absolute Gasteiger partial charge is 0.493 e. The molecule has 2 aliphatic heterocycles. The fraction of sp³-hybridized carbons (Fsp3) is 0.425. The molecular formula is C40H49N5O8. The summed E-state index contributed by atoms with van der Waals surface area (Å²) in [7, 11) is 1.50. The zero-order valence-corrected chi connectivity index (χ0v) is 30.5. The van der Waals surface area contributed by atoms with Crippen molar-refractivity contribution < 1.29 is 38.2 Å². The molecule has 13 nitrogen and oxygen atoms in total. The molecule has 0 spiro atoms. The highest BCUT2D eigenvalue weighted by Crippen LogP contribution is 2.30. The van der Waals surface area contributed by atoms with Crippen molar-refractivity contribution in [1.82, 2.24) is 26.2 Å². The molecule has 5 amide bonds. The summed E-state index contributed by atoms with van der Waals surface area (Å²) in [6, 6.07) is 18.4. The molecule has 0 radical (unpaired) electrons. The van der Waals surface area contributed by atoms with Gasteiger partial charge in [0.15, 0.2) is 11.5 Å². The standard InChI is InChI=1S/C40H49N5O8/c1-26(2)22-32-40(50)44-30(23-27-10-5-4-6-11-27)38(48)41-17-9-19-51-33-13-8-7-12-29(33)37(47)43-31(25-36(46)45(32)3)39(49)42-18-16-28-14-15-34-35(24-28)53-21-20-52-34/h4-8,10-15,24,26,30-32H,9,16-23,25H2,1-3H3,(H,41,48)(H,42,49)(H,43,47)(H,44,50)/t30-,31-,32-/m0/s1. The number of carbonyl (C=O) groups excluding carboxylic acids is 5. The van der Waals surface area contributed by atoms with E-state index in [2.05, 4.69) is 21.3 Å². The van der Waals surface area contributed by atoms with Gasteiger partial charge in [0, 0.05) is 26.6 Å². The Bertz CT molecular complexity index is 1750. The van der Waals surface area contributed by atoms with Crippen molar-refractivity contribution in [2.45, 2.75) is 64.1 Å². The molecule has 53 heavy (non-hydrogen) atoms. The van der Waals surface area contributed by atoms with Crippen LogP contribution in [0.2, 0.25) is 0 Å². The third-order valence-corrected chi connectivity index (χ3v) is 9.10. The molecule has 0 aliphatic carbocycles. The van der Waals surface area contributed by atoms with Gasteiger partial charge in [0.25, 0.3) is 5.91 Å². The molecule has 2 heterocycles. The average Bonchev–Trinajstić information content (AvgIpc) is 3.15. The molecule has 282 valence electrons. The van der Waals surface area contributed by atoms with Gasteiger partial charge in [-0.3, -0.25) is 24.0 Å². The number of hydrogen-bond acceptors (Lipinski definition) is 8. The number of fused-ring (bicyclic) bond motifs is 2. The van der Waals surface area contributed by atoms with Crippen LogP contribution in [0.5, 0.6) is 17.2 Å². The molecular weight excluding hydrogens is 678 g/mol. The Hall–Kier alpha value is -5.59. The third kappa shape index (κ3) is 11.0. The van der Waals surface area contributed by atoms with E-state index >= 15 is 0 Å². The predicted octanol–water partition coefficient (Wildman–Crippen LogP) is 2.80. The molecule has 0 saturated heterocycles. The van der Waals surface area contributed by atoms with Crippen molar-refractivity contribution in [2.75, 3.05) is 40.0 Å². The first-order valence-electron chi connectivity index (χ1n) is 18.2. The molecule has 0 saturated carbocycles. The Labute approximate surface area is 310 Å². The molecule has 0 unspecified atom stereocenters. The summed E-state index contributed by atoms with van der Waals surface area (Å²) in [5.74, 6) is -0.948. The molecule has 0 bridgehead atoms. The molecule has 2 aliphatic rings. The van der Waals surface area contributed by atoms with E-state index in [1.165, 1.54) is 11.9 Å². The van der Waals surface area contributed by atoms with E-state index in [0.29, 0.717) is 49.7 Å². The van der Waals surface area contributed by atoms with Crippen LogP contribution < -0.4 is 35.5 Å². The van der Waals surface area contributed by atoms with Crippen LogP contribution in [0.3, 0.4) is 0 Å². The number of likely N-dealkylation sites (N-methyl/N-ethyl adjacent to an activating group) is 1. The molecule has 3 atom stereocenters. The van der Waals surface area contributed by atoms with E-state index in [1.807, 2.05) is 62.4 Å². The minimum absolute atomic E-state index is 0.0103. The SMILES string of the molecule is CC(C)C[C@H]1C(=O)N[C@@H](Cc2ccccc2)C(=O)NCCCOc2ccccc2C(=O)N[C@H](C(=O)NCCc2ccc3c(c2)OCCO3)CC(=O)N1C. The van der Waals surface area contributed by atoms with Gasteiger partial charge >= 0.3 is 0 Å². The van der Waals surface area contributed by atoms with E-state index in [4.69, 9.17) is 14.2 Å². The molecule has 13 heteroatoms. The number of ether oxygens (including phenoxy) is 3. The van der Waals surface area contributed by atoms with Gasteiger partial charge in [-0.05, 0) is 60.6 Å². The summed E-state index contributed by atoms with van der Waals surface area (Å²) in [4.78, 5) is 70.1. The van der Waals surface area contributed by atoms with Crippen LogP contribution in [0.1, 0.15) is 54.6 Å². The molecule has 4 N–H and O–H groups in total. The van der Waals surface area contributed by atoms with Crippen LogP contribution in [0.15, 0.2) is 72.8 Å². The van der Waals surface area contributed by atoms with E-state index in [1.54, 1.807) is 24.3 Å². The van der Waals surface area contributed by atoms with Crippen molar-refractivity contribution in [2.24, 2.45) is 5.92 Å². The fourth-order valence-electron chi connectivity index (χ4n) is 6.22. The highest BCUT2D eigenvalue weighted by atomic mass is 16.6. The first-order valence-corrected chi connectivity index (χ1v) is 18.2. The van der Waals surface area contributed by atoms with E-state index in [9.17, 15) is 24.0 Å². The molecule has 0 aromatic heterocycles. The normalized spacial score (nSPS) is 20.2. The lowest BCUT2D eigenvalue weighted by Gasteiger charge is -2.31. The van der Waals surface area contributed by atoms with E-state index in [0.717, 1.165) is 11.1 Å². The second kappa shape index (κ2) is 18.8. The van der Waals surface area contributed by atoms with Gasteiger partial charge in [-0.15, -0.1) is 0 Å². The zero-order chi connectivity index (χ0) is 37.7. The number of carbonyl (C=O) groups is 5. The van der Waals surface area contributed by atoms with Crippen molar-refractivity contribution in [1.29, 1.82) is 0 Å². The highest BCUT2D eigenvalue weighted by molar-refractivity contribution is 6.01. The minimum atomic E-state index is -1.27. The van der Waals surface area contributed by atoms with Gasteiger partial charge in [0.05, 0.1) is 18.6 Å². The maximum absolute atomic E-state index is 14.0. The summed E-state index contributed by atoms with van der Waals surface area (Å²) in [6.07, 6.45) is 1.01. The lowest BCUT2D eigenvalue weighted by Crippen LogP contribution is -2.56. The topological polar surface area (TPSA) is 164 Å². The van der Waals surface area contributed by atoms with Crippen molar-refractivity contribution in [3.05, 3.63) is 89.5 Å². The Balaban J connectivity index is 1.38. The average molecular weight is 728 g/mol. The first kappa shape index (κ1) is 38.6. The highest BCUT2D eigenvalue weighted by Gasteiger charge is 2.34. The van der Waals surface area contributed by atoms with E-state index < -0.39 is 48.2 Å². The fourth-order valence-corrected chi connectivity index (χ4v) is 6.22. The van der Waals surface area contributed by atoms with Gasteiger partial charge in [-0.1, -0.05) is 62.4 Å². The third-order valence-electron chi connectivity index (χ3n) is 9.10. The van der Waals surface area contributed by atoms with E-state index in [-0.39, 0.29) is 43.5 Å². The van der Waals surface area contributed by atoms with Gasteiger partial charge in [-0.2, -0.15) is 0 Å². The van der Waals surface area contributed by atoms with Crippen molar-refractivity contribution in [3.8, 4) is 17.2 Å². The Kier molecular flexibility index (Phi) is 13.7. The van der Waals surface area contributed by atoms with Crippen molar-refractivity contribution >= 4 is 29.5 Å². The Morgan fingerprint density at radius 2 is 1.55 bits per heavy atom. The maximum atomic E-state index is 14.0. The number of nitrogens with one attached hydrogen (secondary N) is 4. The number of benzene rings is 3. The zero-order valence-electron chi connectivity index (χ0n) is 30.5. The number of hydrogen-bond donors (Lipinski definition) is 4. The molecule has 0 fully saturated rings. The maximum Gasteiger partial charge on any atom is 0.255 e. The minimum Gasteiger partial charge on any atom is -0.493 e. The monoisotopic (exact) mass is 727 g/mol. The first-order chi connectivity index (χ1) is 25.6. The number of para-hydroxylation sites is 1. The second-order valence-corrected chi connectivity index (χ2v) is 13.6. The van der Waals surface area contributed by atoms with Gasteiger partial charge in [-0.25, -0.2) is 0 Å².